The molecular weight excluding hydrogens is 463 g/mol. The minimum atomic E-state index is -0.799. The van der Waals surface area contributed by atoms with Gasteiger partial charge in [0.25, 0.3) is 11.7 Å². The van der Waals surface area contributed by atoms with Gasteiger partial charge in [0.2, 0.25) is 0 Å². The average molecular weight is 497 g/mol. The number of nitrogens with zero attached hydrogens (tertiary/aromatic N) is 2. The van der Waals surface area contributed by atoms with Gasteiger partial charge in [-0.25, -0.2) is 4.39 Å². The van der Waals surface area contributed by atoms with Gasteiger partial charge >= 0.3 is 0 Å². The van der Waals surface area contributed by atoms with E-state index in [2.05, 4.69) is 18.7 Å². The van der Waals surface area contributed by atoms with Crippen LogP contribution in [0.1, 0.15) is 37.4 Å². The predicted molar refractivity (Wildman–Crippen MR) is 134 cm³/mol. The van der Waals surface area contributed by atoms with E-state index in [1.807, 2.05) is 0 Å². The van der Waals surface area contributed by atoms with Gasteiger partial charge < -0.3 is 19.5 Å². The van der Waals surface area contributed by atoms with E-state index < -0.39 is 23.5 Å². The number of hydrogen-bond donors (Lipinski definition) is 1. The van der Waals surface area contributed by atoms with Crippen molar-refractivity contribution < 1.29 is 28.6 Å². The van der Waals surface area contributed by atoms with Gasteiger partial charge in [0.05, 0.1) is 31.4 Å². The highest BCUT2D eigenvalue weighted by molar-refractivity contribution is 6.46. The van der Waals surface area contributed by atoms with Crippen molar-refractivity contribution in [2.24, 2.45) is 5.92 Å². The predicted octanol–water partition coefficient (Wildman–Crippen LogP) is 4.00. The van der Waals surface area contributed by atoms with Crippen LogP contribution in [-0.4, -0.2) is 72.6 Å². The SMILES string of the molecule is CC(C)COc1ccc(/C(O)=C2\C(=O)C(=O)N(CCCN3CCOCC3)C2c2ccc(F)cc2)cc1. The molecule has 2 fully saturated rings. The number of morpholine rings is 1. The monoisotopic (exact) mass is 496 g/mol. The van der Waals surface area contributed by atoms with Crippen LogP contribution in [0.3, 0.4) is 0 Å². The summed E-state index contributed by atoms with van der Waals surface area (Å²) in [6.45, 7) is 8.79. The van der Waals surface area contributed by atoms with Gasteiger partial charge in [-0.3, -0.25) is 14.5 Å². The molecule has 7 nitrogen and oxygen atoms in total. The summed E-state index contributed by atoms with van der Waals surface area (Å²) >= 11 is 0. The van der Waals surface area contributed by atoms with Crippen molar-refractivity contribution in [1.29, 1.82) is 0 Å². The zero-order valence-electron chi connectivity index (χ0n) is 20.8. The summed E-state index contributed by atoms with van der Waals surface area (Å²) in [6.07, 6.45) is 0.659. The van der Waals surface area contributed by atoms with Crippen molar-refractivity contribution in [2.75, 3.05) is 46.0 Å². The summed E-state index contributed by atoms with van der Waals surface area (Å²) < 4.78 is 24.8. The number of benzene rings is 2. The van der Waals surface area contributed by atoms with Gasteiger partial charge in [-0.05, 0) is 54.3 Å². The van der Waals surface area contributed by atoms with Gasteiger partial charge in [0, 0.05) is 31.7 Å². The summed E-state index contributed by atoms with van der Waals surface area (Å²) in [7, 11) is 0. The lowest BCUT2D eigenvalue weighted by Gasteiger charge is -2.29. The Hall–Kier alpha value is -3.23. The number of halogens is 1. The van der Waals surface area contributed by atoms with Crippen LogP contribution >= 0.6 is 0 Å². The van der Waals surface area contributed by atoms with Crippen LogP contribution in [0.15, 0.2) is 54.1 Å². The first kappa shape index (κ1) is 25.9. The van der Waals surface area contributed by atoms with Gasteiger partial charge in [-0.15, -0.1) is 0 Å². The van der Waals surface area contributed by atoms with Crippen molar-refractivity contribution in [3.05, 3.63) is 71.0 Å². The maximum absolute atomic E-state index is 13.7. The first-order valence-corrected chi connectivity index (χ1v) is 12.4. The number of hydrogen-bond acceptors (Lipinski definition) is 6. The Kier molecular flexibility index (Phi) is 8.38. The number of likely N-dealkylation sites (tertiary alicyclic amines) is 1. The Morgan fingerprint density at radius 1 is 1.06 bits per heavy atom. The summed E-state index contributed by atoms with van der Waals surface area (Å²) in [5.74, 6) is -1.06. The first-order chi connectivity index (χ1) is 17.3. The standard InChI is InChI=1S/C28H33FN2O5/c1-19(2)18-36-23-10-6-21(7-11-23)26(32)24-25(20-4-8-22(29)9-5-20)31(28(34)27(24)33)13-3-12-30-14-16-35-17-15-30/h4-11,19,25,32H,3,12-18H2,1-2H3/b26-24+. The number of amides is 1. The minimum absolute atomic E-state index is 0.00818. The molecule has 1 atom stereocenters. The Morgan fingerprint density at radius 2 is 1.72 bits per heavy atom. The van der Waals surface area contributed by atoms with Crippen LogP contribution in [0.2, 0.25) is 0 Å². The maximum atomic E-state index is 13.7. The van der Waals surface area contributed by atoms with Crippen LogP contribution < -0.4 is 4.74 Å². The molecule has 0 aromatic heterocycles. The molecule has 2 aliphatic heterocycles. The lowest BCUT2D eigenvalue weighted by atomic mass is 9.95. The minimum Gasteiger partial charge on any atom is -0.507 e. The van der Waals surface area contributed by atoms with Crippen molar-refractivity contribution >= 4 is 17.4 Å². The first-order valence-electron chi connectivity index (χ1n) is 12.4. The van der Waals surface area contributed by atoms with E-state index in [4.69, 9.17) is 9.47 Å². The number of ketones is 1. The van der Waals surface area contributed by atoms with E-state index in [1.54, 1.807) is 36.4 Å². The van der Waals surface area contributed by atoms with Crippen LogP contribution in [0.25, 0.3) is 5.76 Å². The smallest absolute Gasteiger partial charge is 0.295 e. The lowest BCUT2D eigenvalue weighted by molar-refractivity contribution is -0.140. The fourth-order valence-electron chi connectivity index (χ4n) is 4.52. The number of aliphatic hydroxyl groups excluding tert-OH is 1. The van der Waals surface area contributed by atoms with Crippen LogP contribution in [0, 0.1) is 11.7 Å². The van der Waals surface area contributed by atoms with Crippen LogP contribution in [-0.2, 0) is 14.3 Å². The third-order valence-corrected chi connectivity index (χ3v) is 6.41. The summed E-state index contributed by atoms with van der Waals surface area (Å²) in [5.41, 5.74) is 0.986. The molecule has 1 N–H and O–H groups in total. The second-order valence-electron chi connectivity index (χ2n) is 9.58. The Labute approximate surface area is 211 Å². The molecule has 1 unspecified atom stereocenters. The number of carbonyl (C=O) groups excluding carboxylic acids is 2. The fraction of sp³-hybridized carbons (Fsp3) is 0.429. The van der Waals surface area contributed by atoms with Gasteiger partial charge in [0.1, 0.15) is 17.3 Å². The third kappa shape index (κ3) is 5.94. The van der Waals surface area contributed by atoms with Crippen molar-refractivity contribution in [1.82, 2.24) is 9.80 Å². The molecule has 0 saturated carbocycles. The van der Waals surface area contributed by atoms with E-state index in [1.165, 1.54) is 17.0 Å². The van der Waals surface area contributed by atoms with Crippen LogP contribution in [0.4, 0.5) is 4.39 Å². The topological polar surface area (TPSA) is 79.3 Å². The summed E-state index contributed by atoms with van der Waals surface area (Å²) in [5, 5.41) is 11.2. The number of rotatable bonds is 9. The fourth-order valence-corrected chi connectivity index (χ4v) is 4.52. The summed E-state index contributed by atoms with van der Waals surface area (Å²) in [4.78, 5) is 30.0. The molecule has 2 heterocycles. The third-order valence-electron chi connectivity index (χ3n) is 6.41. The molecule has 0 radical (unpaired) electrons. The second-order valence-corrected chi connectivity index (χ2v) is 9.58. The quantitative estimate of drug-likeness (QED) is 0.321. The highest BCUT2D eigenvalue weighted by Crippen LogP contribution is 2.39. The molecule has 1 amide bonds. The van der Waals surface area contributed by atoms with E-state index in [-0.39, 0.29) is 11.3 Å². The van der Waals surface area contributed by atoms with E-state index in [0.717, 1.165) is 19.6 Å². The Morgan fingerprint density at radius 3 is 2.36 bits per heavy atom. The maximum Gasteiger partial charge on any atom is 0.295 e. The van der Waals surface area contributed by atoms with E-state index in [9.17, 15) is 19.1 Å². The number of aliphatic hydroxyl groups is 1. The molecule has 2 aromatic carbocycles. The highest BCUT2D eigenvalue weighted by Gasteiger charge is 2.45. The van der Waals surface area contributed by atoms with E-state index >= 15 is 0 Å². The highest BCUT2D eigenvalue weighted by atomic mass is 19.1. The molecule has 8 heteroatoms. The molecule has 192 valence electrons. The molecular formula is C28H33FN2O5. The normalized spacial score (nSPS) is 20.3. The van der Waals surface area contributed by atoms with Crippen LogP contribution in [0.5, 0.6) is 5.75 Å². The molecule has 4 rings (SSSR count). The van der Waals surface area contributed by atoms with E-state index in [0.29, 0.717) is 55.6 Å². The van der Waals surface area contributed by atoms with Gasteiger partial charge in [-0.1, -0.05) is 26.0 Å². The Bertz CT molecular complexity index is 1090. The average Bonchev–Trinajstić information content (AvgIpc) is 3.13. The molecule has 2 aliphatic rings. The largest absolute Gasteiger partial charge is 0.507 e. The summed E-state index contributed by atoms with van der Waals surface area (Å²) in [6, 6.07) is 11.7. The molecule has 0 spiro atoms. The van der Waals surface area contributed by atoms with Gasteiger partial charge in [-0.2, -0.15) is 0 Å². The van der Waals surface area contributed by atoms with Crippen molar-refractivity contribution in [2.45, 2.75) is 26.3 Å². The van der Waals surface area contributed by atoms with Crippen molar-refractivity contribution in [3.8, 4) is 5.75 Å². The zero-order valence-corrected chi connectivity index (χ0v) is 20.8. The Balaban J connectivity index is 1.61. The zero-order chi connectivity index (χ0) is 25.7. The molecule has 36 heavy (non-hydrogen) atoms. The second kappa shape index (κ2) is 11.7. The molecule has 2 aromatic rings. The van der Waals surface area contributed by atoms with Gasteiger partial charge in [0.15, 0.2) is 0 Å². The molecule has 2 saturated heterocycles. The lowest BCUT2D eigenvalue weighted by Crippen LogP contribution is -2.38. The van der Waals surface area contributed by atoms with Crippen molar-refractivity contribution in [3.63, 3.8) is 0 Å². The molecule has 0 bridgehead atoms. The molecule has 0 aliphatic carbocycles. The number of carbonyl (C=O) groups is 2. The number of ether oxygens (including phenoxy) is 2. The number of Topliss-reactive ketones (excluding diaryl/α,β-unsaturated/α-hetero) is 1.